The van der Waals surface area contributed by atoms with Gasteiger partial charge in [0.25, 0.3) is 0 Å². The highest BCUT2D eigenvalue weighted by atomic mass is 127. The van der Waals surface area contributed by atoms with Crippen molar-refractivity contribution in [2.24, 2.45) is 10.9 Å². The third-order valence-corrected chi connectivity index (χ3v) is 4.86. The average Bonchev–Trinajstić information content (AvgIpc) is 2.65. The molecule has 1 heterocycles. The van der Waals surface area contributed by atoms with Crippen LogP contribution < -0.4 is 15.4 Å². The van der Waals surface area contributed by atoms with E-state index in [1.165, 1.54) is 25.9 Å². The van der Waals surface area contributed by atoms with Crippen LogP contribution in [0.25, 0.3) is 0 Å². The maximum atomic E-state index is 12.5. The maximum Gasteiger partial charge on any atom is 0.387 e. The monoisotopic (exact) mass is 496 g/mol. The van der Waals surface area contributed by atoms with Gasteiger partial charge in [-0.1, -0.05) is 25.1 Å². The summed E-state index contributed by atoms with van der Waals surface area (Å²) in [6.45, 7) is 4.13. The predicted molar refractivity (Wildman–Crippen MR) is 116 cm³/mol. The van der Waals surface area contributed by atoms with Gasteiger partial charge in [-0.15, -0.1) is 24.0 Å². The van der Waals surface area contributed by atoms with E-state index in [9.17, 15) is 8.78 Å². The Kier molecular flexibility index (Phi) is 11.6. The van der Waals surface area contributed by atoms with Crippen LogP contribution in [-0.2, 0) is 6.54 Å². The molecular weight excluding hydrogens is 465 g/mol. The third kappa shape index (κ3) is 8.59. The number of aliphatic imine (C=N–C) groups is 1. The van der Waals surface area contributed by atoms with Gasteiger partial charge in [0, 0.05) is 25.7 Å². The summed E-state index contributed by atoms with van der Waals surface area (Å²) < 4.78 is 29.5. The Bertz CT molecular complexity index is 566. The largest absolute Gasteiger partial charge is 0.434 e. The molecule has 0 aliphatic carbocycles. The molecule has 1 aliphatic heterocycles. The molecular formula is C19H31F2IN4O. The Morgan fingerprint density at radius 2 is 1.96 bits per heavy atom. The number of benzene rings is 1. The van der Waals surface area contributed by atoms with Crippen molar-refractivity contribution in [3.8, 4) is 5.75 Å². The first-order valence-corrected chi connectivity index (χ1v) is 9.32. The lowest BCUT2D eigenvalue weighted by Crippen LogP contribution is -2.39. The minimum atomic E-state index is -2.83. The highest BCUT2D eigenvalue weighted by Crippen LogP contribution is 2.20. The second-order valence-electron chi connectivity index (χ2n) is 6.51. The van der Waals surface area contributed by atoms with Crippen LogP contribution in [0.15, 0.2) is 29.3 Å². The normalized spacial score (nSPS) is 16.1. The number of nitrogens with zero attached hydrogens (tertiary/aromatic N) is 2. The number of hydrogen-bond acceptors (Lipinski definition) is 3. The van der Waals surface area contributed by atoms with Gasteiger partial charge >= 0.3 is 6.61 Å². The van der Waals surface area contributed by atoms with Crippen molar-refractivity contribution in [1.29, 1.82) is 0 Å². The maximum absolute atomic E-state index is 12.5. The molecule has 1 aromatic carbocycles. The predicted octanol–water partition coefficient (Wildman–Crippen LogP) is 3.69. The molecule has 154 valence electrons. The fourth-order valence-electron chi connectivity index (χ4n) is 3.25. The van der Waals surface area contributed by atoms with Crippen molar-refractivity contribution in [2.75, 3.05) is 33.2 Å². The topological polar surface area (TPSA) is 48.9 Å². The molecule has 1 aromatic rings. The van der Waals surface area contributed by atoms with Crippen molar-refractivity contribution < 1.29 is 13.5 Å². The molecule has 8 heteroatoms. The van der Waals surface area contributed by atoms with E-state index in [-0.39, 0.29) is 29.7 Å². The number of alkyl halides is 2. The van der Waals surface area contributed by atoms with Crippen LogP contribution in [0.1, 0.15) is 31.7 Å². The number of likely N-dealkylation sites (tertiary alicyclic amines) is 1. The molecule has 1 aliphatic rings. The zero-order valence-electron chi connectivity index (χ0n) is 16.1. The number of piperidine rings is 1. The Morgan fingerprint density at radius 3 is 2.59 bits per heavy atom. The second-order valence-corrected chi connectivity index (χ2v) is 6.51. The fraction of sp³-hybridized carbons (Fsp3) is 0.632. The van der Waals surface area contributed by atoms with E-state index < -0.39 is 6.61 Å². The zero-order chi connectivity index (χ0) is 18.8. The summed E-state index contributed by atoms with van der Waals surface area (Å²) in [5, 5.41) is 6.47. The lowest BCUT2D eigenvalue weighted by Gasteiger charge is -2.31. The number of guanidine groups is 1. The third-order valence-electron chi connectivity index (χ3n) is 4.86. The summed E-state index contributed by atoms with van der Waals surface area (Å²) in [4.78, 5) is 6.69. The van der Waals surface area contributed by atoms with Gasteiger partial charge in [-0.3, -0.25) is 4.99 Å². The Hall–Kier alpha value is -1.16. The van der Waals surface area contributed by atoms with E-state index in [2.05, 4.69) is 32.2 Å². The smallest absolute Gasteiger partial charge is 0.387 e. The van der Waals surface area contributed by atoms with Gasteiger partial charge in [-0.25, -0.2) is 0 Å². The first kappa shape index (κ1) is 23.9. The molecule has 0 aromatic heterocycles. The molecule has 0 unspecified atom stereocenters. The van der Waals surface area contributed by atoms with Crippen LogP contribution in [-0.4, -0.2) is 50.7 Å². The molecule has 0 atom stereocenters. The van der Waals surface area contributed by atoms with Crippen LogP contribution in [0.5, 0.6) is 5.75 Å². The minimum absolute atomic E-state index is 0. The van der Waals surface area contributed by atoms with Crippen molar-refractivity contribution in [3.63, 3.8) is 0 Å². The molecule has 2 rings (SSSR count). The van der Waals surface area contributed by atoms with Crippen molar-refractivity contribution in [3.05, 3.63) is 29.8 Å². The highest BCUT2D eigenvalue weighted by Gasteiger charge is 2.17. The Morgan fingerprint density at radius 1 is 1.26 bits per heavy atom. The van der Waals surface area contributed by atoms with Crippen LogP contribution in [0.2, 0.25) is 0 Å². The fourth-order valence-corrected chi connectivity index (χ4v) is 3.25. The van der Waals surface area contributed by atoms with E-state index >= 15 is 0 Å². The summed E-state index contributed by atoms with van der Waals surface area (Å²) in [6.07, 6.45) is 3.61. The summed E-state index contributed by atoms with van der Waals surface area (Å²) in [5.41, 5.74) is 0.669. The lowest BCUT2D eigenvalue weighted by molar-refractivity contribution is -0.0504. The molecule has 0 amide bonds. The van der Waals surface area contributed by atoms with Gasteiger partial charge < -0.3 is 20.3 Å². The van der Waals surface area contributed by atoms with E-state index in [4.69, 9.17) is 0 Å². The number of hydrogen-bond donors (Lipinski definition) is 2. The van der Waals surface area contributed by atoms with Gasteiger partial charge in [0.15, 0.2) is 5.96 Å². The number of nitrogens with one attached hydrogen (secondary N) is 2. The molecule has 0 radical (unpaired) electrons. The Labute approximate surface area is 178 Å². The van der Waals surface area contributed by atoms with Gasteiger partial charge in [-0.05, 0) is 50.9 Å². The molecule has 0 spiro atoms. The SMILES string of the molecule is CCN1CCC(CCNC(=NC)NCc2ccccc2OC(F)F)CC1.I. The molecule has 0 bridgehead atoms. The van der Waals surface area contributed by atoms with E-state index in [1.54, 1.807) is 31.3 Å². The van der Waals surface area contributed by atoms with Crippen molar-refractivity contribution >= 4 is 29.9 Å². The van der Waals surface area contributed by atoms with Crippen LogP contribution in [0.4, 0.5) is 8.78 Å². The zero-order valence-corrected chi connectivity index (χ0v) is 18.4. The van der Waals surface area contributed by atoms with Crippen LogP contribution >= 0.6 is 24.0 Å². The number of para-hydroxylation sites is 1. The number of halogens is 3. The number of rotatable bonds is 8. The molecule has 1 fully saturated rings. The van der Waals surface area contributed by atoms with E-state index in [1.807, 2.05) is 0 Å². The molecule has 0 saturated carbocycles. The highest BCUT2D eigenvalue weighted by molar-refractivity contribution is 14.0. The van der Waals surface area contributed by atoms with E-state index in [0.717, 1.165) is 25.4 Å². The van der Waals surface area contributed by atoms with Crippen molar-refractivity contribution in [2.45, 2.75) is 39.3 Å². The van der Waals surface area contributed by atoms with E-state index in [0.29, 0.717) is 18.1 Å². The molecule has 1 saturated heterocycles. The summed E-state index contributed by atoms with van der Waals surface area (Å²) in [7, 11) is 1.70. The van der Waals surface area contributed by atoms with Gasteiger partial charge in [0.1, 0.15) is 5.75 Å². The standard InChI is InChI=1S/C19H30F2N4O.HI/c1-3-25-12-9-15(10-13-25)8-11-23-19(22-2)24-14-16-6-4-5-7-17(16)26-18(20)21;/h4-7,15,18H,3,8-14H2,1-2H3,(H2,22,23,24);1H. The second kappa shape index (κ2) is 13.1. The molecule has 27 heavy (non-hydrogen) atoms. The minimum Gasteiger partial charge on any atom is -0.434 e. The summed E-state index contributed by atoms with van der Waals surface area (Å²) in [6, 6.07) is 6.79. The number of ether oxygens (including phenoxy) is 1. The molecule has 2 N–H and O–H groups in total. The van der Waals surface area contributed by atoms with Crippen LogP contribution in [0.3, 0.4) is 0 Å². The molecule has 5 nitrogen and oxygen atoms in total. The van der Waals surface area contributed by atoms with Crippen molar-refractivity contribution in [1.82, 2.24) is 15.5 Å². The quantitative estimate of drug-likeness (QED) is 0.328. The summed E-state index contributed by atoms with van der Waals surface area (Å²) >= 11 is 0. The van der Waals surface area contributed by atoms with Crippen LogP contribution in [0, 0.1) is 5.92 Å². The van der Waals surface area contributed by atoms with Gasteiger partial charge in [0.05, 0.1) is 0 Å². The lowest BCUT2D eigenvalue weighted by atomic mass is 9.93. The first-order valence-electron chi connectivity index (χ1n) is 9.32. The Balaban J connectivity index is 0.00000364. The van der Waals surface area contributed by atoms with Gasteiger partial charge in [0.2, 0.25) is 0 Å². The summed E-state index contributed by atoms with van der Waals surface area (Å²) in [5.74, 6) is 1.61. The van der Waals surface area contributed by atoms with Gasteiger partial charge in [-0.2, -0.15) is 8.78 Å². The average molecular weight is 496 g/mol. The first-order chi connectivity index (χ1) is 12.6.